The summed E-state index contributed by atoms with van der Waals surface area (Å²) in [5, 5.41) is 12.5. The molecule has 14 nitrogen and oxygen atoms in total. The van der Waals surface area contributed by atoms with Crippen molar-refractivity contribution in [2.45, 2.75) is 101 Å². The Morgan fingerprint density at radius 3 is 1.57 bits per heavy atom. The first-order valence-corrected chi connectivity index (χ1v) is 23.5. The van der Waals surface area contributed by atoms with Crippen LogP contribution in [0.2, 0.25) is 10.0 Å². The summed E-state index contributed by atoms with van der Waals surface area (Å²) in [4.78, 5) is 63.6. The van der Waals surface area contributed by atoms with Gasteiger partial charge in [-0.3, -0.25) is 14.5 Å². The minimum atomic E-state index is -3.18. The highest BCUT2D eigenvalue weighted by atomic mass is 35.5. The lowest BCUT2D eigenvalue weighted by molar-refractivity contribution is -0.00299. The number of halogens is 11. The number of anilines is 2. The van der Waals surface area contributed by atoms with E-state index >= 15 is 0 Å². The van der Waals surface area contributed by atoms with Crippen LogP contribution in [0.1, 0.15) is 102 Å². The van der Waals surface area contributed by atoms with Gasteiger partial charge in [0.1, 0.15) is 42.1 Å². The molecule has 2 heterocycles. The lowest BCUT2D eigenvalue weighted by Gasteiger charge is -2.28. The van der Waals surface area contributed by atoms with E-state index in [-0.39, 0.29) is 75.5 Å². The Morgan fingerprint density at radius 2 is 1.14 bits per heavy atom. The minimum absolute atomic E-state index is 0. The number of benzene rings is 4. The summed E-state index contributed by atoms with van der Waals surface area (Å²) in [7, 11) is 0. The van der Waals surface area contributed by atoms with Gasteiger partial charge in [-0.15, -0.1) is 12.4 Å². The minimum Gasteiger partial charge on any atom is -0.448 e. The van der Waals surface area contributed by atoms with E-state index in [1.54, 1.807) is 20.8 Å². The molecule has 2 aliphatic carbocycles. The highest BCUT2D eigenvalue weighted by molar-refractivity contribution is 6.31. The summed E-state index contributed by atoms with van der Waals surface area (Å²) in [6, 6.07) is 8.88. The first-order chi connectivity index (χ1) is 34.3. The molecule has 0 aromatic heterocycles. The molecule has 2 unspecified atom stereocenters. The number of rotatable bonds is 10. The van der Waals surface area contributed by atoms with Crippen LogP contribution in [-0.2, 0) is 27.1 Å². The Morgan fingerprint density at radius 1 is 0.676 bits per heavy atom. The molecular formula is C49H49Cl3F8N6O8. The second-order valence-electron chi connectivity index (χ2n) is 18.8. The van der Waals surface area contributed by atoms with Gasteiger partial charge in [-0.2, -0.15) is 0 Å². The van der Waals surface area contributed by atoms with Gasteiger partial charge in [-0.25, -0.2) is 49.5 Å². The average Bonchev–Trinajstić information content (AvgIpc) is 4.09. The topological polar surface area (TPSA) is 176 Å². The van der Waals surface area contributed by atoms with Crippen LogP contribution in [0.5, 0.6) is 0 Å². The number of alkyl halides is 4. The summed E-state index contributed by atoms with van der Waals surface area (Å²) in [5.74, 6) is -9.65. The molecule has 0 spiro atoms. The molecule has 8 rings (SSSR count). The molecule has 0 bridgehead atoms. The molecule has 4 aliphatic rings. The van der Waals surface area contributed by atoms with Crippen LogP contribution in [0.3, 0.4) is 0 Å². The van der Waals surface area contributed by atoms with Crippen molar-refractivity contribution in [3.8, 4) is 0 Å². The number of carbonyl (C=O) groups excluding carboxylic acids is 5. The fourth-order valence-corrected chi connectivity index (χ4v) is 9.26. The van der Waals surface area contributed by atoms with E-state index in [4.69, 9.17) is 37.4 Å². The van der Waals surface area contributed by atoms with Crippen molar-refractivity contribution in [1.82, 2.24) is 20.9 Å². The summed E-state index contributed by atoms with van der Waals surface area (Å²) in [6.07, 6.45) is -2.79. The number of hydrogen-bond donors (Lipinski definition) is 5. The third-order valence-corrected chi connectivity index (χ3v) is 12.7. The number of hydrogen-bond acceptors (Lipinski definition) is 9. The maximum Gasteiger partial charge on any atom is 0.410 e. The molecule has 4 aromatic rings. The van der Waals surface area contributed by atoms with E-state index in [1.807, 2.05) is 0 Å². The molecule has 74 heavy (non-hydrogen) atoms. The van der Waals surface area contributed by atoms with E-state index in [9.17, 15) is 59.1 Å². The van der Waals surface area contributed by atoms with Gasteiger partial charge in [-0.05, 0) is 118 Å². The van der Waals surface area contributed by atoms with Crippen molar-refractivity contribution in [2.75, 3.05) is 36.9 Å². The first-order valence-electron chi connectivity index (χ1n) is 22.8. The monoisotopic (exact) mass is 1110 g/mol. The SMILES string of the molecule is CC(C)(C)OC(=O)N1CC(F)(F)CC1COC(=O)N[C@H]1CCc2c(C(=O)Nc3ccc(F)c(Cl)c3)ccc(F)c21.Cl.O=C(N[C@H]1CCc2c(C(=O)Nc3ccc(F)c(Cl)c3)ccc(F)c21)OCC1CC(F)(F)CN1. The van der Waals surface area contributed by atoms with Gasteiger partial charge in [-0.1, -0.05) is 23.2 Å². The smallest absolute Gasteiger partial charge is 0.410 e. The van der Waals surface area contributed by atoms with E-state index in [1.165, 1.54) is 36.4 Å². The van der Waals surface area contributed by atoms with E-state index in [2.05, 4.69) is 26.6 Å². The molecular weight excluding hydrogens is 1060 g/mol. The van der Waals surface area contributed by atoms with Crippen molar-refractivity contribution in [1.29, 1.82) is 0 Å². The number of likely N-dealkylation sites (tertiary alicyclic amines) is 1. The number of amides is 5. The molecule has 0 radical (unpaired) electrons. The molecule has 0 saturated carbocycles. The van der Waals surface area contributed by atoms with Crippen LogP contribution in [0.15, 0.2) is 60.7 Å². The lowest BCUT2D eigenvalue weighted by atomic mass is 10.0. The van der Waals surface area contributed by atoms with Crippen LogP contribution >= 0.6 is 35.6 Å². The standard InChI is InChI=1S/C27H28ClF4N3O5.C22H20ClF4N3O3.ClH/c1-26(2,3)40-25(38)35-13-27(31,32)11-15(35)12-39-24(37)34-21-9-6-16-17(5-8-20(30)22(16)21)23(36)33-14-4-7-19(29)18(28)10-14;23-15-7-11(1-4-16(15)24)29-20(31)14-2-5-17(25)19-13(14)3-6-18(19)30-21(32)33-9-12-8-22(26,27)10-28-12;/h4-5,7-8,10,15,21H,6,9,11-13H2,1-3H3,(H,33,36)(H,34,37);1-2,4-5,7,12,18,28H,3,6,8-10H2,(H,29,31)(H,30,32);1H/t15?,21-;12?,18-;/m00./s1. The van der Waals surface area contributed by atoms with Gasteiger partial charge in [0.25, 0.3) is 23.7 Å². The van der Waals surface area contributed by atoms with E-state index in [0.29, 0.717) is 24.0 Å². The number of nitrogens with zero attached hydrogens (tertiary/aromatic N) is 1. The predicted octanol–water partition coefficient (Wildman–Crippen LogP) is 11.2. The summed E-state index contributed by atoms with van der Waals surface area (Å²) in [6.45, 7) is 2.70. The molecule has 2 fully saturated rings. The number of alkyl carbamates (subject to hydrolysis) is 2. The molecule has 2 aliphatic heterocycles. The van der Waals surface area contributed by atoms with Crippen molar-refractivity contribution >= 4 is 77.1 Å². The molecule has 4 atom stereocenters. The maximum absolute atomic E-state index is 14.8. The van der Waals surface area contributed by atoms with Gasteiger partial charge in [0, 0.05) is 52.5 Å². The van der Waals surface area contributed by atoms with Crippen molar-refractivity contribution in [3.05, 3.63) is 127 Å². The number of ether oxygens (including phenoxy) is 3. The van der Waals surface area contributed by atoms with Gasteiger partial charge in [0.05, 0.1) is 41.3 Å². The Balaban J connectivity index is 0.000000242. The zero-order valence-electron chi connectivity index (χ0n) is 39.6. The van der Waals surface area contributed by atoms with Gasteiger partial charge >= 0.3 is 18.3 Å². The lowest BCUT2D eigenvalue weighted by Crippen LogP contribution is -2.43. The Bertz CT molecular complexity index is 2810. The second kappa shape index (κ2) is 23.2. The zero-order chi connectivity index (χ0) is 53.2. The van der Waals surface area contributed by atoms with E-state index in [0.717, 1.165) is 29.2 Å². The molecule has 400 valence electrons. The Hall–Kier alpha value is -6.10. The largest absolute Gasteiger partial charge is 0.448 e. The summed E-state index contributed by atoms with van der Waals surface area (Å²) < 4.78 is 126. The Kier molecular flexibility index (Phi) is 17.9. The van der Waals surface area contributed by atoms with Crippen LogP contribution in [0.4, 0.5) is 60.9 Å². The van der Waals surface area contributed by atoms with Crippen molar-refractivity contribution < 1.29 is 73.3 Å². The highest BCUT2D eigenvalue weighted by Crippen LogP contribution is 2.39. The average molecular weight is 1110 g/mol. The quantitative estimate of drug-likeness (QED) is 0.0764. The maximum atomic E-state index is 14.8. The molecule has 5 amide bonds. The summed E-state index contributed by atoms with van der Waals surface area (Å²) in [5.41, 5.74) is 1.06. The van der Waals surface area contributed by atoms with Crippen LogP contribution < -0.4 is 26.6 Å². The third-order valence-electron chi connectivity index (χ3n) is 12.1. The normalized spacial score (nSPS) is 19.9. The Labute approximate surface area is 434 Å². The third kappa shape index (κ3) is 14.2. The zero-order valence-corrected chi connectivity index (χ0v) is 41.9. The van der Waals surface area contributed by atoms with Gasteiger partial charge in [0.15, 0.2) is 0 Å². The van der Waals surface area contributed by atoms with Gasteiger partial charge in [0.2, 0.25) is 0 Å². The van der Waals surface area contributed by atoms with Crippen LogP contribution in [0.25, 0.3) is 0 Å². The van der Waals surface area contributed by atoms with Crippen molar-refractivity contribution in [3.63, 3.8) is 0 Å². The van der Waals surface area contributed by atoms with Crippen LogP contribution in [0, 0.1) is 23.3 Å². The second-order valence-corrected chi connectivity index (χ2v) is 19.6. The molecule has 2 saturated heterocycles. The predicted molar refractivity (Wildman–Crippen MR) is 258 cm³/mol. The van der Waals surface area contributed by atoms with E-state index < -0.39 is 128 Å². The molecule has 25 heteroatoms. The highest BCUT2D eigenvalue weighted by Gasteiger charge is 2.49. The molecule has 5 N–H and O–H groups in total. The number of carbonyl (C=O) groups is 5. The molecule has 4 aromatic carbocycles. The summed E-state index contributed by atoms with van der Waals surface area (Å²) >= 11 is 11.5. The van der Waals surface area contributed by atoms with Crippen molar-refractivity contribution in [2.24, 2.45) is 0 Å². The fourth-order valence-electron chi connectivity index (χ4n) is 8.90. The fraction of sp³-hybridized carbons (Fsp3) is 0.408. The number of nitrogens with one attached hydrogen (secondary N) is 5. The number of fused-ring (bicyclic) bond motifs is 2. The first kappa shape index (κ1) is 57.2. The van der Waals surface area contributed by atoms with Gasteiger partial charge < -0.3 is 40.8 Å². The van der Waals surface area contributed by atoms with Crippen LogP contribution in [-0.4, -0.2) is 90.8 Å².